The Hall–Kier alpha value is -0.220. The van der Waals surface area contributed by atoms with Crippen molar-refractivity contribution >= 4 is 28.4 Å². The number of allylic oxidation sites excluding steroid dienone is 1. The van der Waals surface area contributed by atoms with Crippen LogP contribution in [-0.2, 0) is 9.47 Å². The molecule has 1 aliphatic carbocycles. The van der Waals surface area contributed by atoms with Crippen molar-refractivity contribution in [1.82, 2.24) is 0 Å². The van der Waals surface area contributed by atoms with Crippen LogP contribution in [-0.4, -0.2) is 16.7 Å². The van der Waals surface area contributed by atoms with E-state index in [0.717, 1.165) is 25.0 Å². The van der Waals surface area contributed by atoms with E-state index in [1.807, 2.05) is 6.92 Å². The molecule has 0 unspecified atom stereocenters. The highest BCUT2D eigenvalue weighted by atomic mass is 32.2. The highest BCUT2D eigenvalue weighted by Gasteiger charge is 2.16. The van der Waals surface area contributed by atoms with Crippen molar-refractivity contribution in [2.75, 3.05) is 12.4 Å². The fraction of sp³-hybridized carbons (Fsp3) is 0.750. The SMILES string of the molecule is CCCSC(=S)OC(OCC)=C1CCCC1. The van der Waals surface area contributed by atoms with Crippen LogP contribution in [0, 0.1) is 0 Å². The van der Waals surface area contributed by atoms with Crippen molar-refractivity contribution in [3.8, 4) is 0 Å². The Morgan fingerprint density at radius 1 is 1.31 bits per heavy atom. The molecule has 16 heavy (non-hydrogen) atoms. The predicted molar refractivity (Wildman–Crippen MR) is 73.6 cm³/mol. The van der Waals surface area contributed by atoms with Crippen molar-refractivity contribution < 1.29 is 9.47 Å². The second kappa shape index (κ2) is 7.96. The van der Waals surface area contributed by atoms with Gasteiger partial charge in [0.2, 0.25) is 4.38 Å². The van der Waals surface area contributed by atoms with Crippen molar-refractivity contribution in [2.45, 2.75) is 46.0 Å². The van der Waals surface area contributed by atoms with Crippen LogP contribution in [0.4, 0.5) is 0 Å². The van der Waals surface area contributed by atoms with Gasteiger partial charge >= 0.3 is 0 Å². The minimum atomic E-state index is 0.588. The maximum Gasteiger partial charge on any atom is 0.285 e. The number of thiocarbonyl (C=S) groups is 1. The minimum absolute atomic E-state index is 0.588. The fourth-order valence-electron chi connectivity index (χ4n) is 1.63. The lowest BCUT2D eigenvalue weighted by Crippen LogP contribution is -2.05. The monoisotopic (exact) mass is 260 g/mol. The lowest BCUT2D eigenvalue weighted by Gasteiger charge is -2.13. The first-order valence-electron chi connectivity index (χ1n) is 5.97. The first-order chi connectivity index (χ1) is 7.77. The number of rotatable bonds is 5. The summed E-state index contributed by atoms with van der Waals surface area (Å²) >= 11 is 6.76. The van der Waals surface area contributed by atoms with Gasteiger partial charge in [-0.2, -0.15) is 0 Å². The van der Waals surface area contributed by atoms with Gasteiger partial charge in [-0.3, -0.25) is 0 Å². The molecule has 92 valence electrons. The Labute approximate surface area is 108 Å². The average Bonchev–Trinajstić information content (AvgIpc) is 2.79. The van der Waals surface area contributed by atoms with Crippen LogP contribution in [0.15, 0.2) is 11.5 Å². The highest BCUT2D eigenvalue weighted by Crippen LogP contribution is 2.29. The Bertz CT molecular complexity index is 254. The highest BCUT2D eigenvalue weighted by molar-refractivity contribution is 8.22. The molecule has 1 fully saturated rings. The Kier molecular flexibility index (Phi) is 6.88. The summed E-state index contributed by atoms with van der Waals surface area (Å²) in [7, 11) is 0. The molecular formula is C12H20O2S2. The van der Waals surface area contributed by atoms with Gasteiger partial charge in [-0.15, -0.1) is 0 Å². The van der Waals surface area contributed by atoms with Crippen molar-refractivity contribution in [1.29, 1.82) is 0 Å². The van der Waals surface area contributed by atoms with Gasteiger partial charge in [-0.25, -0.2) is 0 Å². The zero-order chi connectivity index (χ0) is 11.8. The summed E-state index contributed by atoms with van der Waals surface area (Å²) in [6.07, 6.45) is 5.77. The topological polar surface area (TPSA) is 18.5 Å². The molecule has 0 heterocycles. The summed E-state index contributed by atoms with van der Waals surface area (Å²) in [5, 5.41) is 0. The van der Waals surface area contributed by atoms with Crippen molar-refractivity contribution in [2.24, 2.45) is 0 Å². The van der Waals surface area contributed by atoms with Crippen LogP contribution in [0.1, 0.15) is 46.0 Å². The number of hydrogen-bond acceptors (Lipinski definition) is 4. The quantitative estimate of drug-likeness (QED) is 0.543. The van der Waals surface area contributed by atoms with Gasteiger partial charge in [0, 0.05) is 11.3 Å². The molecule has 0 atom stereocenters. The van der Waals surface area contributed by atoms with Crippen molar-refractivity contribution in [3.63, 3.8) is 0 Å². The molecule has 0 aromatic heterocycles. The molecule has 1 aliphatic rings. The molecule has 0 saturated heterocycles. The van der Waals surface area contributed by atoms with Gasteiger partial charge < -0.3 is 9.47 Å². The second-order valence-corrected chi connectivity index (χ2v) is 5.43. The molecule has 1 rings (SSSR count). The van der Waals surface area contributed by atoms with Gasteiger partial charge in [-0.05, 0) is 51.2 Å². The largest absolute Gasteiger partial charge is 0.465 e. The van der Waals surface area contributed by atoms with Crippen LogP contribution in [0.3, 0.4) is 0 Å². The number of ether oxygens (including phenoxy) is 2. The number of hydrogen-bond donors (Lipinski definition) is 0. The van der Waals surface area contributed by atoms with E-state index < -0.39 is 0 Å². The van der Waals surface area contributed by atoms with Gasteiger partial charge in [0.05, 0.1) is 6.61 Å². The maximum atomic E-state index is 5.63. The van der Waals surface area contributed by atoms with Crippen LogP contribution in [0.5, 0.6) is 0 Å². The second-order valence-electron chi connectivity index (χ2n) is 3.73. The molecule has 2 nitrogen and oxygen atoms in total. The maximum absolute atomic E-state index is 5.63. The third kappa shape index (κ3) is 4.74. The lowest BCUT2D eigenvalue weighted by molar-refractivity contribution is 0.109. The van der Waals surface area contributed by atoms with E-state index >= 15 is 0 Å². The lowest BCUT2D eigenvalue weighted by atomic mass is 10.2. The number of thioether (sulfide) groups is 1. The molecule has 1 saturated carbocycles. The Morgan fingerprint density at radius 2 is 2.00 bits per heavy atom. The summed E-state index contributed by atoms with van der Waals surface area (Å²) in [6, 6.07) is 0. The standard InChI is InChI=1S/C12H20O2S2/c1-3-9-16-12(15)14-11(13-4-2)10-7-5-6-8-10/h3-9H2,1-2H3. The van der Waals surface area contributed by atoms with Crippen molar-refractivity contribution in [3.05, 3.63) is 11.5 Å². The Morgan fingerprint density at radius 3 is 2.56 bits per heavy atom. The van der Waals surface area contributed by atoms with E-state index in [4.69, 9.17) is 21.7 Å². The molecule has 4 heteroatoms. The Balaban J connectivity index is 2.50. The molecule has 0 aromatic carbocycles. The normalized spacial score (nSPS) is 15.0. The first kappa shape index (κ1) is 13.8. The molecule has 0 N–H and O–H groups in total. The third-order valence-corrected chi connectivity index (χ3v) is 3.74. The van der Waals surface area contributed by atoms with E-state index in [0.29, 0.717) is 16.9 Å². The van der Waals surface area contributed by atoms with E-state index in [1.165, 1.54) is 18.4 Å². The minimum Gasteiger partial charge on any atom is -0.465 e. The van der Waals surface area contributed by atoms with Crippen LogP contribution in [0.2, 0.25) is 0 Å². The zero-order valence-corrected chi connectivity index (χ0v) is 11.7. The molecule has 0 radical (unpaired) electrons. The summed E-state index contributed by atoms with van der Waals surface area (Å²) in [5.74, 6) is 1.68. The summed E-state index contributed by atoms with van der Waals surface area (Å²) in [5.41, 5.74) is 1.29. The molecule has 0 amide bonds. The summed E-state index contributed by atoms with van der Waals surface area (Å²) in [6.45, 7) is 4.75. The fourth-order valence-corrected chi connectivity index (χ4v) is 2.46. The third-order valence-electron chi connectivity index (χ3n) is 2.37. The van der Waals surface area contributed by atoms with Gasteiger partial charge in [0.1, 0.15) is 0 Å². The van der Waals surface area contributed by atoms with E-state index in [1.54, 1.807) is 11.8 Å². The van der Waals surface area contributed by atoms with Gasteiger partial charge in [-0.1, -0.05) is 18.7 Å². The molecule has 0 bridgehead atoms. The van der Waals surface area contributed by atoms with Gasteiger partial charge in [0.25, 0.3) is 5.95 Å². The summed E-state index contributed by atoms with van der Waals surface area (Å²) in [4.78, 5) is 0. The predicted octanol–water partition coefficient (Wildman–Crippen LogP) is 4.25. The van der Waals surface area contributed by atoms with Crippen LogP contribution in [0.25, 0.3) is 0 Å². The summed E-state index contributed by atoms with van der Waals surface area (Å²) < 4.78 is 11.7. The molecule has 0 spiro atoms. The van der Waals surface area contributed by atoms with Gasteiger partial charge in [0.15, 0.2) is 0 Å². The van der Waals surface area contributed by atoms with Crippen LogP contribution < -0.4 is 0 Å². The molecule has 0 aliphatic heterocycles. The zero-order valence-electron chi connectivity index (χ0n) is 10.1. The smallest absolute Gasteiger partial charge is 0.285 e. The van der Waals surface area contributed by atoms with E-state index in [-0.39, 0.29) is 0 Å². The molecule has 0 aromatic rings. The molecular weight excluding hydrogens is 240 g/mol. The van der Waals surface area contributed by atoms with Crippen LogP contribution >= 0.6 is 24.0 Å². The first-order valence-corrected chi connectivity index (χ1v) is 7.36. The van der Waals surface area contributed by atoms with E-state index in [9.17, 15) is 0 Å². The average molecular weight is 260 g/mol. The van der Waals surface area contributed by atoms with E-state index in [2.05, 4.69) is 6.92 Å².